The monoisotopic (exact) mass is 358 g/mol. The second kappa shape index (κ2) is 6.68. The second-order valence-electron chi connectivity index (χ2n) is 9.17. The summed E-state index contributed by atoms with van der Waals surface area (Å²) in [6.45, 7) is 7.07. The average Bonchev–Trinajstić information content (AvgIpc) is 3.49. The Morgan fingerprint density at radius 3 is 2.77 bits per heavy atom. The lowest BCUT2D eigenvalue weighted by molar-refractivity contribution is 0.0529. The average molecular weight is 358 g/mol. The van der Waals surface area contributed by atoms with Crippen molar-refractivity contribution in [3.05, 3.63) is 24.2 Å². The van der Waals surface area contributed by atoms with E-state index < -0.39 is 0 Å². The molecule has 0 bridgehead atoms. The highest BCUT2D eigenvalue weighted by Crippen LogP contribution is 2.46. The van der Waals surface area contributed by atoms with Gasteiger partial charge in [0, 0.05) is 50.7 Å². The molecule has 142 valence electrons. The smallest absolute Gasteiger partial charge is 0.257 e. The van der Waals surface area contributed by atoms with Crippen LogP contribution in [0.3, 0.4) is 0 Å². The SMILES string of the molecule is O=C(c1ccoc1)N1CC[C@@]2(CN(CC3CC3)C[C@@H]2COCC2CC2)C1. The van der Waals surface area contributed by atoms with Crippen molar-refractivity contribution in [2.75, 3.05) is 45.9 Å². The third-order valence-corrected chi connectivity index (χ3v) is 6.91. The summed E-state index contributed by atoms with van der Waals surface area (Å²) in [7, 11) is 0. The van der Waals surface area contributed by atoms with Crippen LogP contribution >= 0.6 is 0 Å². The van der Waals surface area contributed by atoms with Crippen LogP contribution in [0.1, 0.15) is 42.5 Å². The van der Waals surface area contributed by atoms with Gasteiger partial charge in [-0.2, -0.15) is 0 Å². The van der Waals surface area contributed by atoms with Gasteiger partial charge in [-0.25, -0.2) is 0 Å². The van der Waals surface area contributed by atoms with Gasteiger partial charge < -0.3 is 19.0 Å². The summed E-state index contributed by atoms with van der Waals surface area (Å²) in [6, 6.07) is 1.78. The molecular formula is C21H30N2O3. The van der Waals surface area contributed by atoms with Crippen molar-refractivity contribution >= 4 is 5.91 Å². The van der Waals surface area contributed by atoms with E-state index in [2.05, 4.69) is 4.90 Å². The quantitative estimate of drug-likeness (QED) is 0.752. The summed E-state index contributed by atoms with van der Waals surface area (Å²) in [6.07, 6.45) is 9.75. The van der Waals surface area contributed by atoms with E-state index in [0.717, 1.165) is 57.6 Å². The van der Waals surface area contributed by atoms with Crippen LogP contribution in [0.4, 0.5) is 0 Å². The number of hydrogen-bond acceptors (Lipinski definition) is 4. The molecule has 4 aliphatic rings. The maximum Gasteiger partial charge on any atom is 0.257 e. The molecule has 3 heterocycles. The van der Waals surface area contributed by atoms with Gasteiger partial charge in [-0.1, -0.05) is 0 Å². The summed E-state index contributed by atoms with van der Waals surface area (Å²) < 4.78 is 11.2. The highest BCUT2D eigenvalue weighted by atomic mass is 16.5. The minimum Gasteiger partial charge on any atom is -0.472 e. The van der Waals surface area contributed by atoms with Gasteiger partial charge in [0.1, 0.15) is 6.26 Å². The number of nitrogens with zero attached hydrogens (tertiary/aromatic N) is 2. The Hall–Kier alpha value is -1.33. The number of amides is 1. The van der Waals surface area contributed by atoms with E-state index in [1.807, 2.05) is 4.90 Å². The fraction of sp³-hybridized carbons (Fsp3) is 0.762. The zero-order valence-electron chi connectivity index (χ0n) is 15.6. The van der Waals surface area contributed by atoms with Crippen LogP contribution in [0.15, 0.2) is 23.0 Å². The first kappa shape index (κ1) is 16.8. The molecule has 5 rings (SSSR count). The summed E-state index contributed by atoms with van der Waals surface area (Å²) in [5.74, 6) is 2.41. The fourth-order valence-corrected chi connectivity index (χ4v) is 4.94. The van der Waals surface area contributed by atoms with Crippen LogP contribution in [0, 0.1) is 23.2 Å². The molecule has 1 amide bonds. The van der Waals surface area contributed by atoms with E-state index in [1.165, 1.54) is 32.2 Å². The van der Waals surface area contributed by atoms with E-state index >= 15 is 0 Å². The predicted molar refractivity (Wildman–Crippen MR) is 97.9 cm³/mol. The Bertz CT molecular complexity index is 638. The number of carbonyl (C=O) groups is 1. The third-order valence-electron chi connectivity index (χ3n) is 6.91. The molecule has 1 spiro atoms. The molecule has 2 aliphatic carbocycles. The number of furan rings is 1. The first-order valence-corrected chi connectivity index (χ1v) is 10.3. The van der Waals surface area contributed by atoms with Crippen molar-refractivity contribution in [1.82, 2.24) is 9.80 Å². The highest BCUT2D eigenvalue weighted by Gasteiger charge is 2.51. The Balaban J connectivity index is 1.26. The standard InChI is InChI=1S/C21H30N2O3/c24-20(18-5-8-25-12-18)23-7-6-21(15-23)14-22(9-16-1-2-16)10-19(21)13-26-11-17-3-4-17/h5,8,12,16-17,19H,1-4,6-7,9-11,13-15H2/t19-,21-/m1/s1. The Labute approximate surface area is 155 Å². The molecule has 0 unspecified atom stereocenters. The molecule has 26 heavy (non-hydrogen) atoms. The summed E-state index contributed by atoms with van der Waals surface area (Å²) >= 11 is 0. The minimum atomic E-state index is 0.119. The molecule has 4 fully saturated rings. The number of rotatable bonds is 7. The maximum absolute atomic E-state index is 12.8. The van der Waals surface area contributed by atoms with E-state index in [1.54, 1.807) is 18.6 Å². The fourth-order valence-electron chi connectivity index (χ4n) is 4.94. The molecule has 2 atom stereocenters. The highest BCUT2D eigenvalue weighted by molar-refractivity contribution is 5.94. The minimum absolute atomic E-state index is 0.119. The van der Waals surface area contributed by atoms with Crippen molar-refractivity contribution in [2.24, 2.45) is 23.2 Å². The van der Waals surface area contributed by atoms with Crippen LogP contribution in [-0.4, -0.2) is 61.6 Å². The summed E-state index contributed by atoms with van der Waals surface area (Å²) in [5.41, 5.74) is 0.897. The normalized spacial score (nSPS) is 32.0. The Kier molecular flexibility index (Phi) is 4.32. The Morgan fingerprint density at radius 2 is 2.04 bits per heavy atom. The summed E-state index contributed by atoms with van der Waals surface area (Å²) in [4.78, 5) is 17.5. The molecule has 5 nitrogen and oxygen atoms in total. The molecule has 1 aromatic heterocycles. The number of likely N-dealkylation sites (tertiary alicyclic amines) is 2. The molecule has 2 saturated heterocycles. The lowest BCUT2D eigenvalue weighted by atomic mass is 9.77. The molecule has 0 N–H and O–H groups in total. The van der Waals surface area contributed by atoms with Gasteiger partial charge >= 0.3 is 0 Å². The van der Waals surface area contributed by atoms with Gasteiger partial charge in [0.2, 0.25) is 0 Å². The van der Waals surface area contributed by atoms with E-state index in [9.17, 15) is 4.79 Å². The van der Waals surface area contributed by atoms with Crippen molar-refractivity contribution < 1.29 is 13.9 Å². The molecule has 0 aromatic carbocycles. The molecule has 2 saturated carbocycles. The lowest BCUT2D eigenvalue weighted by Gasteiger charge is -2.30. The van der Waals surface area contributed by atoms with Crippen LogP contribution in [0.2, 0.25) is 0 Å². The third kappa shape index (κ3) is 3.44. The van der Waals surface area contributed by atoms with Gasteiger partial charge in [0.05, 0.1) is 18.4 Å². The zero-order chi connectivity index (χ0) is 17.6. The molecule has 0 radical (unpaired) electrons. The van der Waals surface area contributed by atoms with Crippen molar-refractivity contribution in [3.8, 4) is 0 Å². The molecule has 1 aromatic rings. The number of ether oxygens (including phenoxy) is 1. The van der Waals surface area contributed by atoms with Crippen molar-refractivity contribution in [1.29, 1.82) is 0 Å². The second-order valence-corrected chi connectivity index (χ2v) is 9.17. The number of carbonyl (C=O) groups excluding carboxylic acids is 1. The van der Waals surface area contributed by atoms with Crippen molar-refractivity contribution in [2.45, 2.75) is 32.1 Å². The summed E-state index contributed by atoms with van der Waals surface area (Å²) in [5, 5.41) is 0. The number of hydrogen-bond donors (Lipinski definition) is 0. The molecular weight excluding hydrogens is 328 g/mol. The first-order chi connectivity index (χ1) is 12.7. The van der Waals surface area contributed by atoms with E-state index in [-0.39, 0.29) is 11.3 Å². The molecule has 5 heteroatoms. The largest absolute Gasteiger partial charge is 0.472 e. The zero-order valence-corrected chi connectivity index (χ0v) is 15.6. The van der Waals surface area contributed by atoms with Crippen LogP contribution in [-0.2, 0) is 4.74 Å². The first-order valence-electron chi connectivity index (χ1n) is 10.3. The lowest BCUT2D eigenvalue weighted by Crippen LogP contribution is -2.38. The van der Waals surface area contributed by atoms with Gasteiger partial charge in [-0.3, -0.25) is 4.79 Å². The van der Waals surface area contributed by atoms with Crippen LogP contribution < -0.4 is 0 Å². The maximum atomic E-state index is 12.8. The van der Waals surface area contributed by atoms with Crippen LogP contribution in [0.25, 0.3) is 0 Å². The predicted octanol–water partition coefficient (Wildman–Crippen LogP) is 2.88. The van der Waals surface area contributed by atoms with Gasteiger partial charge in [0.15, 0.2) is 0 Å². The topological polar surface area (TPSA) is 45.9 Å². The van der Waals surface area contributed by atoms with E-state index in [4.69, 9.17) is 9.15 Å². The van der Waals surface area contributed by atoms with Gasteiger partial charge in [0.25, 0.3) is 5.91 Å². The van der Waals surface area contributed by atoms with Crippen LogP contribution in [0.5, 0.6) is 0 Å². The van der Waals surface area contributed by atoms with Crippen molar-refractivity contribution in [3.63, 3.8) is 0 Å². The Morgan fingerprint density at radius 1 is 1.19 bits per heavy atom. The van der Waals surface area contributed by atoms with Gasteiger partial charge in [-0.15, -0.1) is 0 Å². The van der Waals surface area contributed by atoms with E-state index in [0.29, 0.717) is 11.5 Å². The molecule has 2 aliphatic heterocycles. The van der Waals surface area contributed by atoms with Gasteiger partial charge in [-0.05, 0) is 50.0 Å².